The topological polar surface area (TPSA) is 70.1 Å². The summed E-state index contributed by atoms with van der Waals surface area (Å²) in [5.41, 5.74) is -0.459. The fourth-order valence-corrected chi connectivity index (χ4v) is 1.68. The molecule has 0 fully saturated rings. The molecule has 1 aromatic heterocycles. The van der Waals surface area contributed by atoms with Gasteiger partial charge in [-0.25, -0.2) is 9.97 Å². The fraction of sp³-hybridized carbons (Fsp3) is 0.667. The molecule has 0 aliphatic rings. The van der Waals surface area contributed by atoms with Crippen LogP contribution in [-0.2, 0) is 0 Å². The van der Waals surface area contributed by atoms with Crippen LogP contribution in [0.1, 0.15) is 34.1 Å². The van der Waals surface area contributed by atoms with Crippen molar-refractivity contribution in [3.8, 4) is 0 Å². The van der Waals surface area contributed by atoms with Gasteiger partial charge in [-0.1, -0.05) is 6.92 Å². The van der Waals surface area contributed by atoms with Gasteiger partial charge in [-0.15, -0.1) is 0 Å². The molecule has 0 bridgehead atoms. The minimum absolute atomic E-state index is 0.459. The van der Waals surface area contributed by atoms with Crippen LogP contribution in [0.2, 0.25) is 0 Å². The second-order valence-electron chi connectivity index (χ2n) is 4.83. The maximum absolute atomic E-state index is 9.71. The first-order chi connectivity index (χ1) is 8.38. The summed E-state index contributed by atoms with van der Waals surface area (Å²) in [7, 11) is 0. The Hall–Kier alpha value is -0.880. The standard InChI is InChI=1S/C12H21BrN4O/c1-5-6-14-10-9(13)11(16-7-15-10)17-12(3,4)8(2)18/h7-8,18H,5-6H2,1-4H3,(H2,14,15,16,17). The van der Waals surface area contributed by atoms with E-state index in [9.17, 15) is 5.11 Å². The van der Waals surface area contributed by atoms with Crippen LogP contribution >= 0.6 is 15.9 Å². The first-order valence-corrected chi connectivity index (χ1v) is 6.88. The van der Waals surface area contributed by atoms with Crippen LogP contribution < -0.4 is 10.6 Å². The normalized spacial score (nSPS) is 13.2. The molecule has 0 amide bonds. The Balaban J connectivity index is 2.90. The number of nitrogens with zero attached hydrogens (tertiary/aromatic N) is 2. The van der Waals surface area contributed by atoms with E-state index in [0.717, 1.165) is 23.3 Å². The predicted octanol–water partition coefficient (Wildman–Crippen LogP) is 2.63. The summed E-state index contributed by atoms with van der Waals surface area (Å²) in [5.74, 6) is 1.44. The molecule has 0 aromatic carbocycles. The van der Waals surface area contributed by atoms with Crippen LogP contribution in [0.3, 0.4) is 0 Å². The molecule has 6 heteroatoms. The van der Waals surface area contributed by atoms with E-state index in [1.807, 2.05) is 13.8 Å². The highest BCUT2D eigenvalue weighted by Crippen LogP contribution is 2.29. The van der Waals surface area contributed by atoms with E-state index in [0.29, 0.717) is 5.82 Å². The molecule has 18 heavy (non-hydrogen) atoms. The van der Waals surface area contributed by atoms with Crippen molar-refractivity contribution in [1.29, 1.82) is 0 Å². The van der Waals surface area contributed by atoms with Crippen LogP contribution in [0.5, 0.6) is 0 Å². The van der Waals surface area contributed by atoms with Gasteiger partial charge in [-0.2, -0.15) is 0 Å². The van der Waals surface area contributed by atoms with Gasteiger partial charge in [0.25, 0.3) is 0 Å². The largest absolute Gasteiger partial charge is 0.391 e. The lowest BCUT2D eigenvalue weighted by molar-refractivity contribution is 0.133. The smallest absolute Gasteiger partial charge is 0.146 e. The molecule has 1 aromatic rings. The van der Waals surface area contributed by atoms with Gasteiger partial charge in [0.05, 0.1) is 11.6 Å². The van der Waals surface area contributed by atoms with E-state index in [4.69, 9.17) is 0 Å². The molecule has 1 unspecified atom stereocenters. The van der Waals surface area contributed by atoms with Crippen LogP contribution in [0.25, 0.3) is 0 Å². The van der Waals surface area contributed by atoms with E-state index >= 15 is 0 Å². The number of halogens is 1. The Morgan fingerprint density at radius 1 is 1.39 bits per heavy atom. The lowest BCUT2D eigenvalue weighted by Crippen LogP contribution is -2.42. The highest BCUT2D eigenvalue weighted by molar-refractivity contribution is 9.10. The van der Waals surface area contributed by atoms with Crippen molar-refractivity contribution in [2.45, 2.75) is 45.8 Å². The molecule has 0 aliphatic carbocycles. The van der Waals surface area contributed by atoms with Gasteiger partial charge in [-0.3, -0.25) is 0 Å². The van der Waals surface area contributed by atoms with Crippen molar-refractivity contribution >= 4 is 27.6 Å². The number of hydrogen-bond donors (Lipinski definition) is 3. The Morgan fingerprint density at radius 3 is 2.56 bits per heavy atom. The van der Waals surface area contributed by atoms with E-state index in [1.165, 1.54) is 6.33 Å². The number of rotatable bonds is 6. The van der Waals surface area contributed by atoms with E-state index in [2.05, 4.69) is 43.5 Å². The Kier molecular flexibility index (Phi) is 5.34. The minimum Gasteiger partial charge on any atom is -0.391 e. The zero-order chi connectivity index (χ0) is 13.8. The average Bonchev–Trinajstić information content (AvgIpc) is 2.30. The summed E-state index contributed by atoms with van der Waals surface area (Å²) >= 11 is 3.48. The van der Waals surface area contributed by atoms with Gasteiger partial charge >= 0.3 is 0 Å². The van der Waals surface area contributed by atoms with Crippen molar-refractivity contribution in [1.82, 2.24) is 9.97 Å². The van der Waals surface area contributed by atoms with Crippen LogP contribution in [0.4, 0.5) is 11.6 Å². The van der Waals surface area contributed by atoms with Gasteiger partial charge < -0.3 is 15.7 Å². The molecule has 5 nitrogen and oxygen atoms in total. The Labute approximate surface area is 117 Å². The zero-order valence-electron chi connectivity index (χ0n) is 11.3. The molecule has 1 atom stereocenters. The highest BCUT2D eigenvalue weighted by Gasteiger charge is 2.25. The van der Waals surface area contributed by atoms with E-state index < -0.39 is 11.6 Å². The van der Waals surface area contributed by atoms with Crippen molar-refractivity contribution in [3.63, 3.8) is 0 Å². The summed E-state index contributed by atoms with van der Waals surface area (Å²) in [6.07, 6.45) is 2.04. The zero-order valence-corrected chi connectivity index (χ0v) is 12.9. The average molecular weight is 317 g/mol. The maximum Gasteiger partial charge on any atom is 0.146 e. The van der Waals surface area contributed by atoms with Crippen molar-refractivity contribution < 1.29 is 5.11 Å². The lowest BCUT2D eigenvalue weighted by atomic mass is 9.99. The summed E-state index contributed by atoms with van der Waals surface area (Å²) < 4.78 is 0.784. The van der Waals surface area contributed by atoms with Crippen molar-refractivity contribution in [3.05, 3.63) is 10.8 Å². The molecule has 0 radical (unpaired) electrons. The molecule has 0 saturated carbocycles. The molecule has 1 rings (SSSR count). The SMILES string of the molecule is CCCNc1ncnc(NC(C)(C)C(C)O)c1Br. The van der Waals surface area contributed by atoms with Gasteiger partial charge in [0.2, 0.25) is 0 Å². The summed E-state index contributed by atoms with van der Waals surface area (Å²) in [4.78, 5) is 8.37. The quantitative estimate of drug-likeness (QED) is 0.752. The number of aliphatic hydroxyl groups excluding tert-OH is 1. The molecule has 0 saturated heterocycles. The second-order valence-corrected chi connectivity index (χ2v) is 5.63. The number of aromatic nitrogens is 2. The number of aliphatic hydroxyl groups is 1. The first-order valence-electron chi connectivity index (χ1n) is 6.09. The predicted molar refractivity (Wildman–Crippen MR) is 77.9 cm³/mol. The fourth-order valence-electron chi connectivity index (χ4n) is 1.23. The van der Waals surface area contributed by atoms with Crippen LogP contribution in [0, 0.1) is 0 Å². The molecule has 1 heterocycles. The van der Waals surface area contributed by atoms with Crippen molar-refractivity contribution in [2.75, 3.05) is 17.2 Å². The minimum atomic E-state index is -0.494. The molecule has 0 spiro atoms. The van der Waals surface area contributed by atoms with Gasteiger partial charge in [0.15, 0.2) is 0 Å². The number of hydrogen-bond acceptors (Lipinski definition) is 5. The Morgan fingerprint density at radius 2 is 2.00 bits per heavy atom. The summed E-state index contributed by atoms with van der Waals surface area (Å²) in [6, 6.07) is 0. The van der Waals surface area contributed by atoms with E-state index in [1.54, 1.807) is 6.92 Å². The van der Waals surface area contributed by atoms with Gasteiger partial charge in [0, 0.05) is 6.54 Å². The molecule has 0 aliphatic heterocycles. The summed E-state index contributed by atoms with van der Waals surface area (Å²) in [5, 5.41) is 16.1. The lowest BCUT2D eigenvalue weighted by Gasteiger charge is -2.30. The van der Waals surface area contributed by atoms with Crippen LogP contribution in [-0.4, -0.2) is 33.3 Å². The van der Waals surface area contributed by atoms with Crippen molar-refractivity contribution in [2.24, 2.45) is 0 Å². The third-order valence-corrected chi connectivity index (χ3v) is 3.57. The molecule has 3 N–H and O–H groups in total. The highest BCUT2D eigenvalue weighted by atomic mass is 79.9. The van der Waals surface area contributed by atoms with E-state index in [-0.39, 0.29) is 0 Å². The Bertz CT molecular complexity index is 396. The molecular weight excluding hydrogens is 296 g/mol. The number of nitrogens with one attached hydrogen (secondary N) is 2. The summed E-state index contributed by atoms with van der Waals surface area (Å²) in [6.45, 7) is 8.54. The van der Waals surface area contributed by atoms with Crippen LogP contribution in [0.15, 0.2) is 10.8 Å². The molecule has 102 valence electrons. The third kappa shape index (κ3) is 3.81. The first kappa shape index (κ1) is 15.2. The van der Waals surface area contributed by atoms with Gasteiger partial charge in [-0.05, 0) is 43.1 Å². The maximum atomic E-state index is 9.71. The molecular formula is C12H21BrN4O. The third-order valence-electron chi connectivity index (χ3n) is 2.82. The van der Waals surface area contributed by atoms with Gasteiger partial charge in [0.1, 0.15) is 22.4 Å². The second kappa shape index (κ2) is 6.33. The monoisotopic (exact) mass is 316 g/mol. The number of anilines is 2.